The number of nitrogens with one attached hydrogen (secondary N) is 2. The number of rotatable bonds is 4. The first-order chi connectivity index (χ1) is 14.5. The van der Waals surface area contributed by atoms with Crippen LogP contribution in [0.25, 0.3) is 0 Å². The highest BCUT2D eigenvalue weighted by atomic mass is 35.5. The molecule has 7 heteroatoms. The number of hydrazine groups is 1. The summed E-state index contributed by atoms with van der Waals surface area (Å²) in [5.74, 6) is -1.23. The van der Waals surface area contributed by atoms with E-state index in [1.165, 1.54) is 24.3 Å². The molecule has 0 spiro atoms. The van der Waals surface area contributed by atoms with Crippen LogP contribution in [0.1, 0.15) is 27.5 Å². The van der Waals surface area contributed by atoms with Crippen LogP contribution in [-0.4, -0.2) is 28.8 Å². The van der Waals surface area contributed by atoms with Crippen molar-refractivity contribution in [3.63, 3.8) is 0 Å². The molecule has 1 fully saturated rings. The first kappa shape index (κ1) is 19.8. The summed E-state index contributed by atoms with van der Waals surface area (Å²) in [6.45, 7) is 0. The smallest absolute Gasteiger partial charge is 0.304 e. The highest BCUT2D eigenvalue weighted by Crippen LogP contribution is 2.25. The van der Waals surface area contributed by atoms with Gasteiger partial charge >= 0.3 is 5.91 Å². The van der Waals surface area contributed by atoms with E-state index >= 15 is 0 Å². The number of benzene rings is 3. The highest BCUT2D eigenvalue weighted by Gasteiger charge is 2.47. The summed E-state index contributed by atoms with van der Waals surface area (Å²) >= 11 is 5.96. The number of hydrogen-bond acceptors (Lipinski definition) is 2. The van der Waals surface area contributed by atoms with Crippen LogP contribution in [-0.2, 0) is 4.79 Å². The van der Waals surface area contributed by atoms with Crippen LogP contribution in [0.5, 0.6) is 0 Å². The molecule has 30 heavy (non-hydrogen) atoms. The maximum atomic E-state index is 13.2. The van der Waals surface area contributed by atoms with Crippen molar-refractivity contribution in [1.82, 2.24) is 10.7 Å². The van der Waals surface area contributed by atoms with Crippen LogP contribution in [0.4, 0.5) is 4.39 Å². The average Bonchev–Trinajstić information content (AvgIpc) is 3.05. The average molecular weight is 423 g/mol. The van der Waals surface area contributed by atoms with Crippen LogP contribution in [0.15, 0.2) is 78.9 Å². The van der Waals surface area contributed by atoms with Gasteiger partial charge in [-0.1, -0.05) is 41.9 Å². The largest absolute Gasteiger partial charge is 0.334 e. The summed E-state index contributed by atoms with van der Waals surface area (Å²) in [4.78, 5) is 25.4. The van der Waals surface area contributed by atoms with Gasteiger partial charge in [0.05, 0.1) is 0 Å². The van der Waals surface area contributed by atoms with E-state index in [4.69, 9.17) is 11.6 Å². The van der Waals surface area contributed by atoms with Crippen molar-refractivity contribution in [2.24, 2.45) is 0 Å². The van der Waals surface area contributed by atoms with Gasteiger partial charge in [-0.2, -0.15) is 0 Å². The van der Waals surface area contributed by atoms with Crippen molar-refractivity contribution in [2.75, 3.05) is 0 Å². The Labute approximate surface area is 177 Å². The number of nitrogens with zero attached hydrogens (tertiary/aromatic N) is 1. The molecule has 1 aliphatic heterocycles. The maximum Gasteiger partial charge on any atom is 0.304 e. The Bertz CT molecular complexity index is 1100. The minimum absolute atomic E-state index is 0.274. The molecular formula is C23H18ClFN3O2+. The molecule has 0 bridgehead atoms. The maximum absolute atomic E-state index is 13.2. The SMILES string of the molecule is O=C(N[C@H]1C(=O)N/[N+](=C\c2ccc(Cl)cc2)[C@@H]1c1ccccc1)c1ccc(F)cc1. The lowest BCUT2D eigenvalue weighted by atomic mass is 10.00. The second-order valence-corrected chi connectivity index (χ2v) is 7.31. The second-order valence-electron chi connectivity index (χ2n) is 6.88. The molecule has 1 heterocycles. The molecule has 2 atom stereocenters. The third-order valence-corrected chi connectivity index (χ3v) is 5.08. The van der Waals surface area contributed by atoms with Crippen LogP contribution in [0, 0.1) is 5.82 Å². The molecule has 2 N–H and O–H groups in total. The summed E-state index contributed by atoms with van der Waals surface area (Å²) < 4.78 is 14.8. The van der Waals surface area contributed by atoms with E-state index in [1.54, 1.807) is 23.0 Å². The molecule has 3 aromatic carbocycles. The summed E-state index contributed by atoms with van der Waals surface area (Å²) in [5, 5.41) is 3.39. The fourth-order valence-corrected chi connectivity index (χ4v) is 3.49. The van der Waals surface area contributed by atoms with Gasteiger partial charge in [-0.05, 0) is 48.5 Å². The van der Waals surface area contributed by atoms with Crippen LogP contribution in [0.2, 0.25) is 5.02 Å². The molecule has 4 rings (SSSR count). The van der Waals surface area contributed by atoms with Crippen LogP contribution >= 0.6 is 11.6 Å². The number of hydrazone groups is 1. The Balaban J connectivity index is 1.68. The lowest BCUT2D eigenvalue weighted by Gasteiger charge is -2.14. The monoisotopic (exact) mass is 422 g/mol. The van der Waals surface area contributed by atoms with Crippen LogP contribution in [0.3, 0.4) is 0 Å². The fraction of sp³-hybridized carbons (Fsp3) is 0.0870. The van der Waals surface area contributed by atoms with E-state index in [-0.39, 0.29) is 11.5 Å². The fourth-order valence-electron chi connectivity index (χ4n) is 3.37. The Morgan fingerprint density at radius 1 is 1.00 bits per heavy atom. The van der Waals surface area contributed by atoms with Crippen molar-refractivity contribution in [2.45, 2.75) is 12.1 Å². The van der Waals surface area contributed by atoms with E-state index in [0.29, 0.717) is 5.02 Å². The van der Waals surface area contributed by atoms with Crippen molar-refractivity contribution in [3.8, 4) is 0 Å². The van der Waals surface area contributed by atoms with Crippen molar-refractivity contribution in [3.05, 3.63) is 106 Å². The third kappa shape index (κ3) is 4.23. The molecule has 150 valence electrons. The molecule has 5 nitrogen and oxygen atoms in total. The lowest BCUT2D eigenvalue weighted by Crippen LogP contribution is -2.42. The van der Waals surface area contributed by atoms with Crippen molar-refractivity contribution >= 4 is 29.6 Å². The van der Waals surface area contributed by atoms with Gasteiger partial charge in [0.1, 0.15) is 5.82 Å². The topological polar surface area (TPSA) is 61.2 Å². The van der Waals surface area contributed by atoms with E-state index in [0.717, 1.165) is 11.1 Å². The molecule has 1 aliphatic rings. The first-order valence-corrected chi connectivity index (χ1v) is 9.70. The molecule has 0 unspecified atom stereocenters. The Hall–Kier alpha value is -3.51. The molecule has 1 saturated heterocycles. The van der Waals surface area contributed by atoms with Gasteiger partial charge in [0, 0.05) is 21.7 Å². The summed E-state index contributed by atoms with van der Waals surface area (Å²) in [6.07, 6.45) is 1.79. The summed E-state index contributed by atoms with van der Waals surface area (Å²) in [7, 11) is 0. The quantitative estimate of drug-likeness (QED) is 0.632. The van der Waals surface area contributed by atoms with Crippen LogP contribution < -0.4 is 10.7 Å². The molecule has 0 aliphatic carbocycles. The summed E-state index contributed by atoms with van der Waals surface area (Å²) in [5.41, 5.74) is 4.78. The standard InChI is InChI=1S/C23H17ClFN3O2/c24-18-10-6-15(7-11-18)14-28-21(16-4-2-1-3-5-16)20(23(30)27-28)26-22(29)17-8-12-19(25)13-9-17/h1-14,20-21H,(H-,26,27,29,30)/p+1/b28-14-/t20-,21-/m1/s1. The molecule has 3 aromatic rings. The Morgan fingerprint density at radius 3 is 2.33 bits per heavy atom. The molecule has 0 saturated carbocycles. The number of amides is 2. The van der Waals surface area contributed by atoms with Gasteiger partial charge in [0.15, 0.2) is 6.04 Å². The summed E-state index contributed by atoms with van der Waals surface area (Å²) in [6, 6.07) is 20.5. The Morgan fingerprint density at radius 2 is 1.67 bits per heavy atom. The predicted molar refractivity (Wildman–Crippen MR) is 112 cm³/mol. The van der Waals surface area contributed by atoms with E-state index in [2.05, 4.69) is 10.7 Å². The molecule has 0 radical (unpaired) electrons. The number of halogens is 2. The van der Waals surface area contributed by atoms with E-state index in [1.807, 2.05) is 42.5 Å². The van der Waals surface area contributed by atoms with Gasteiger partial charge in [0.2, 0.25) is 12.3 Å². The zero-order valence-electron chi connectivity index (χ0n) is 15.8. The number of carbonyl (C=O) groups is 2. The normalized spacial score (nSPS) is 19.5. The van der Waals surface area contributed by atoms with E-state index < -0.39 is 23.8 Å². The molecule has 0 aromatic heterocycles. The highest BCUT2D eigenvalue weighted by molar-refractivity contribution is 6.30. The van der Waals surface area contributed by atoms with Crippen molar-refractivity contribution in [1.29, 1.82) is 0 Å². The minimum Gasteiger partial charge on any atom is -0.334 e. The number of carbonyl (C=O) groups excluding carboxylic acids is 2. The van der Waals surface area contributed by atoms with Gasteiger partial charge in [0.25, 0.3) is 5.91 Å². The number of hydrogen-bond donors (Lipinski definition) is 2. The van der Waals surface area contributed by atoms with Gasteiger partial charge < -0.3 is 5.32 Å². The first-order valence-electron chi connectivity index (χ1n) is 9.32. The van der Waals surface area contributed by atoms with Gasteiger partial charge in [-0.25, -0.2) is 4.39 Å². The zero-order valence-corrected chi connectivity index (χ0v) is 16.5. The predicted octanol–water partition coefficient (Wildman–Crippen LogP) is 3.50. The van der Waals surface area contributed by atoms with Gasteiger partial charge in [-0.15, -0.1) is 10.1 Å². The molecule has 2 amide bonds. The van der Waals surface area contributed by atoms with E-state index in [9.17, 15) is 14.0 Å². The third-order valence-electron chi connectivity index (χ3n) is 4.83. The Kier molecular flexibility index (Phi) is 5.59. The second kappa shape index (κ2) is 8.47. The zero-order chi connectivity index (χ0) is 21.1. The van der Waals surface area contributed by atoms with Crippen molar-refractivity contribution < 1.29 is 18.7 Å². The molecular weight excluding hydrogens is 405 g/mol. The minimum atomic E-state index is -0.839. The lowest BCUT2D eigenvalue weighted by molar-refractivity contribution is -0.596. The van der Waals surface area contributed by atoms with Gasteiger partial charge in [-0.3, -0.25) is 9.59 Å².